The number of carboxylic acids is 2. The number of benzene rings is 1. The number of anilines is 1. The number of pyridine rings is 1. The number of aryl methyl sites for hydroxylation is 2. The summed E-state index contributed by atoms with van der Waals surface area (Å²) in [6.07, 6.45) is -5.70. The van der Waals surface area contributed by atoms with E-state index in [1.54, 1.807) is 7.11 Å². The normalized spacial score (nSPS) is 17.1. The Kier molecular flexibility index (Phi) is 19.7. The van der Waals surface area contributed by atoms with Gasteiger partial charge in [0.25, 0.3) is 11.5 Å². The number of nitrogens with zero attached hydrogens (tertiary/aromatic N) is 3. The lowest BCUT2D eigenvalue weighted by molar-refractivity contribution is -0.193. The van der Waals surface area contributed by atoms with Crippen molar-refractivity contribution in [3.63, 3.8) is 0 Å². The highest BCUT2D eigenvalue weighted by Crippen LogP contribution is 2.33. The Hall–Kier alpha value is -4.64. The first-order valence-corrected chi connectivity index (χ1v) is 18.6. The van der Waals surface area contributed by atoms with Crippen LogP contribution in [0.4, 0.5) is 32.0 Å². The fraction of sp³-hybridized carbons (Fsp3) is 0.590. The van der Waals surface area contributed by atoms with E-state index in [0.29, 0.717) is 29.8 Å². The summed E-state index contributed by atoms with van der Waals surface area (Å²) < 4.78 is 74.2. The molecule has 4 N–H and O–H groups in total. The molecule has 4 rings (SSSR count). The van der Waals surface area contributed by atoms with Gasteiger partial charge < -0.3 is 39.8 Å². The van der Waals surface area contributed by atoms with E-state index >= 15 is 0 Å². The van der Waals surface area contributed by atoms with Crippen LogP contribution in [-0.4, -0.2) is 134 Å². The number of hydrogen-bond donors (Lipinski definition) is 4. The molecule has 1 aliphatic carbocycles. The molecule has 2 fully saturated rings. The van der Waals surface area contributed by atoms with Crippen molar-refractivity contribution >= 4 is 23.5 Å². The van der Waals surface area contributed by atoms with Crippen LogP contribution in [0.5, 0.6) is 0 Å². The van der Waals surface area contributed by atoms with Crippen LogP contribution in [0, 0.1) is 32.6 Å². The quantitative estimate of drug-likeness (QED) is 0.180. The molecular formula is C39H53F6N5O8. The van der Waals surface area contributed by atoms with E-state index in [1.807, 2.05) is 32.9 Å². The molecule has 1 aliphatic heterocycles. The number of aromatic amines is 1. The van der Waals surface area contributed by atoms with Crippen LogP contribution in [0.15, 0.2) is 23.0 Å². The zero-order chi connectivity index (χ0) is 43.8. The van der Waals surface area contributed by atoms with Crippen LogP contribution in [0.3, 0.4) is 0 Å². The molecule has 324 valence electrons. The Balaban J connectivity index is 0.000000707. The number of carbonyl (C=O) groups is 3. The van der Waals surface area contributed by atoms with E-state index in [1.165, 1.54) is 0 Å². The largest absolute Gasteiger partial charge is 0.490 e. The molecule has 58 heavy (non-hydrogen) atoms. The molecule has 0 atom stereocenters. The van der Waals surface area contributed by atoms with Crippen molar-refractivity contribution < 1.29 is 60.4 Å². The minimum Gasteiger partial charge on any atom is -0.475 e. The van der Waals surface area contributed by atoms with Crippen molar-refractivity contribution in [1.82, 2.24) is 20.1 Å². The zero-order valence-electron chi connectivity index (χ0n) is 33.5. The number of nitrogens with one attached hydrogen (secondary N) is 2. The van der Waals surface area contributed by atoms with Gasteiger partial charge in [0.15, 0.2) is 0 Å². The molecule has 2 aromatic rings. The number of ether oxygens (including phenoxy) is 2. The van der Waals surface area contributed by atoms with Crippen molar-refractivity contribution in [3.05, 3.63) is 62.1 Å². The summed E-state index contributed by atoms with van der Waals surface area (Å²) in [7, 11) is 3.95. The summed E-state index contributed by atoms with van der Waals surface area (Å²) in [6, 6.07) is 6.95. The number of aliphatic carboxylic acids is 2. The highest BCUT2D eigenvalue weighted by molar-refractivity contribution is 5.97. The summed E-state index contributed by atoms with van der Waals surface area (Å²) in [6.45, 7) is 14.6. The molecule has 1 aromatic heterocycles. The zero-order valence-corrected chi connectivity index (χ0v) is 33.5. The first-order chi connectivity index (χ1) is 27.1. The summed E-state index contributed by atoms with van der Waals surface area (Å²) in [5.41, 5.74) is 5.53. The fourth-order valence-electron chi connectivity index (χ4n) is 6.54. The molecule has 0 spiro atoms. The number of aromatic nitrogens is 1. The monoisotopic (exact) mass is 833 g/mol. The third-order valence-corrected chi connectivity index (χ3v) is 9.70. The van der Waals surface area contributed by atoms with Crippen LogP contribution < -0.4 is 15.8 Å². The number of likely N-dealkylation sites (N-methyl/N-ethyl adjacent to an activating group) is 1. The standard InChI is InChI=1S/C35H51N5O4.2C2HF3O2/c1-7-40(30-12-10-29(11-13-30)38(5)15-18-43-6)33-23-28(9-8-14-39-16-19-44-20-17-39)22-31(27(33)4)34(41)36-24-32-25(2)21-26(3)37-35(32)42;2*3-2(4,5)1(6)7/h21-23,29-30H,7,10-20,24H2,1-6H3,(H,36,41)(H,37,42);2*(H,6,7). The number of methoxy groups -OCH3 is 1. The highest BCUT2D eigenvalue weighted by Gasteiger charge is 2.39. The van der Waals surface area contributed by atoms with E-state index in [2.05, 4.69) is 56.9 Å². The number of morpholine rings is 1. The predicted molar refractivity (Wildman–Crippen MR) is 204 cm³/mol. The molecule has 0 radical (unpaired) electrons. The molecule has 1 amide bonds. The van der Waals surface area contributed by atoms with Crippen LogP contribution in [0.2, 0.25) is 0 Å². The number of rotatable bonds is 11. The first-order valence-electron chi connectivity index (χ1n) is 18.6. The summed E-state index contributed by atoms with van der Waals surface area (Å²) in [4.78, 5) is 54.1. The van der Waals surface area contributed by atoms with E-state index in [4.69, 9.17) is 29.3 Å². The van der Waals surface area contributed by atoms with Crippen molar-refractivity contribution in [1.29, 1.82) is 0 Å². The van der Waals surface area contributed by atoms with E-state index < -0.39 is 24.3 Å². The average molecular weight is 834 g/mol. The van der Waals surface area contributed by atoms with Gasteiger partial charge in [0.05, 0.1) is 26.4 Å². The summed E-state index contributed by atoms with van der Waals surface area (Å²) in [5.74, 6) is 0.998. The Morgan fingerprint density at radius 2 is 1.52 bits per heavy atom. The molecular weight excluding hydrogens is 780 g/mol. The topological polar surface area (TPSA) is 165 Å². The number of carboxylic acid groups (broad SMARTS) is 2. The van der Waals surface area contributed by atoms with Crippen molar-refractivity contribution in [2.75, 3.05) is 71.6 Å². The Morgan fingerprint density at radius 1 is 0.966 bits per heavy atom. The summed E-state index contributed by atoms with van der Waals surface area (Å²) >= 11 is 0. The van der Waals surface area contributed by atoms with Gasteiger partial charge in [0.2, 0.25) is 0 Å². The first kappa shape index (κ1) is 49.5. The number of carbonyl (C=O) groups excluding carboxylic acids is 1. The van der Waals surface area contributed by atoms with Crippen molar-refractivity contribution in [2.24, 2.45) is 0 Å². The Morgan fingerprint density at radius 3 is 2.02 bits per heavy atom. The Labute approximate surface area is 333 Å². The van der Waals surface area contributed by atoms with Gasteiger partial charge >= 0.3 is 24.3 Å². The number of H-pyrrole nitrogens is 1. The molecule has 1 saturated heterocycles. The van der Waals surface area contributed by atoms with Gasteiger partial charge in [0.1, 0.15) is 0 Å². The summed E-state index contributed by atoms with van der Waals surface area (Å²) in [5, 5.41) is 17.3. The van der Waals surface area contributed by atoms with Crippen LogP contribution in [0.25, 0.3) is 0 Å². The third kappa shape index (κ3) is 16.0. The molecule has 0 unspecified atom stereocenters. The number of amides is 1. The molecule has 13 nitrogen and oxygen atoms in total. The Bertz CT molecular complexity index is 1770. The molecule has 0 bridgehead atoms. The second-order valence-corrected chi connectivity index (χ2v) is 13.8. The van der Waals surface area contributed by atoms with Gasteiger partial charge in [-0.25, -0.2) is 9.59 Å². The SMILES string of the molecule is CCN(c1cc(C#CCN2CCOCC2)cc(C(=O)NCc2c(C)cc(C)[nH]c2=O)c1C)C1CCC(N(C)CCOC)CC1.O=C(O)C(F)(F)F.O=C(O)C(F)(F)F. The van der Waals surface area contributed by atoms with Crippen LogP contribution in [-0.2, 0) is 25.6 Å². The molecule has 2 heterocycles. The minimum absolute atomic E-state index is 0.163. The highest BCUT2D eigenvalue weighted by atomic mass is 19.4. The van der Waals surface area contributed by atoms with Gasteiger partial charge in [-0.2, -0.15) is 26.3 Å². The van der Waals surface area contributed by atoms with E-state index in [0.717, 1.165) is 99.8 Å². The molecule has 1 aromatic carbocycles. The van der Waals surface area contributed by atoms with Crippen molar-refractivity contribution in [2.45, 2.75) is 84.4 Å². The predicted octanol–water partition coefficient (Wildman–Crippen LogP) is 4.90. The third-order valence-electron chi connectivity index (χ3n) is 9.70. The maximum Gasteiger partial charge on any atom is 0.490 e. The van der Waals surface area contributed by atoms with Crippen LogP contribution in [0.1, 0.15) is 70.9 Å². The van der Waals surface area contributed by atoms with Gasteiger partial charge in [-0.05, 0) is 89.8 Å². The molecule has 19 heteroatoms. The van der Waals surface area contributed by atoms with Gasteiger partial charge in [-0.3, -0.25) is 14.5 Å². The fourth-order valence-corrected chi connectivity index (χ4v) is 6.54. The lowest BCUT2D eigenvalue weighted by Gasteiger charge is -2.41. The second-order valence-electron chi connectivity index (χ2n) is 13.8. The molecule has 1 saturated carbocycles. The van der Waals surface area contributed by atoms with Crippen molar-refractivity contribution in [3.8, 4) is 11.8 Å². The lowest BCUT2D eigenvalue weighted by Crippen LogP contribution is -2.44. The number of halogens is 6. The number of hydrogen-bond acceptors (Lipinski definition) is 9. The van der Waals surface area contributed by atoms with Gasteiger partial charge in [0, 0.05) is 80.0 Å². The van der Waals surface area contributed by atoms with E-state index in [-0.39, 0.29) is 18.0 Å². The smallest absolute Gasteiger partial charge is 0.475 e. The van der Waals surface area contributed by atoms with E-state index in [9.17, 15) is 35.9 Å². The lowest BCUT2D eigenvalue weighted by atomic mass is 9.88. The minimum atomic E-state index is -5.08. The average Bonchev–Trinajstić information content (AvgIpc) is 3.15. The number of alkyl halides is 6. The van der Waals surface area contributed by atoms with Crippen LogP contribution >= 0.6 is 0 Å². The maximum absolute atomic E-state index is 13.7. The maximum atomic E-state index is 13.7. The molecule has 2 aliphatic rings. The second kappa shape index (κ2) is 23.1. The van der Waals surface area contributed by atoms with Gasteiger partial charge in [-0.1, -0.05) is 11.8 Å². The van der Waals surface area contributed by atoms with Gasteiger partial charge in [-0.15, -0.1) is 0 Å².